The van der Waals surface area contributed by atoms with Crippen molar-refractivity contribution in [3.05, 3.63) is 11.6 Å². The van der Waals surface area contributed by atoms with Gasteiger partial charge in [0.1, 0.15) is 11.6 Å². The van der Waals surface area contributed by atoms with E-state index < -0.39 is 0 Å². The van der Waals surface area contributed by atoms with Crippen LogP contribution in [0.15, 0.2) is 0 Å². The van der Waals surface area contributed by atoms with Gasteiger partial charge in [-0.15, -0.1) is 0 Å². The molecule has 0 spiro atoms. The summed E-state index contributed by atoms with van der Waals surface area (Å²) < 4.78 is 1.91. The molecule has 1 saturated heterocycles. The smallest absolute Gasteiger partial charge is 0.147 e. The quantitative estimate of drug-likeness (QED) is 0.679. The largest absolute Gasteiger partial charge is 0.316 e. The summed E-state index contributed by atoms with van der Waals surface area (Å²) in [6.45, 7) is 6.28. The van der Waals surface area contributed by atoms with Crippen LogP contribution in [0.3, 0.4) is 0 Å². The van der Waals surface area contributed by atoms with E-state index in [1.807, 2.05) is 18.7 Å². The van der Waals surface area contributed by atoms with Crippen molar-refractivity contribution in [2.75, 3.05) is 13.1 Å². The first-order chi connectivity index (χ1) is 6.12. The van der Waals surface area contributed by atoms with Crippen LogP contribution < -0.4 is 5.32 Å². The maximum Gasteiger partial charge on any atom is 0.147 e. The Kier molecular flexibility index (Phi) is 1.87. The highest BCUT2D eigenvalue weighted by atomic mass is 15.3. The molecular formula is C9H16N4. The fourth-order valence-electron chi connectivity index (χ4n) is 2.05. The van der Waals surface area contributed by atoms with Gasteiger partial charge in [0.2, 0.25) is 0 Å². The Bertz CT molecular complexity index is 309. The minimum atomic E-state index is 0.177. The second kappa shape index (κ2) is 2.80. The van der Waals surface area contributed by atoms with Gasteiger partial charge in [0.25, 0.3) is 0 Å². The van der Waals surface area contributed by atoms with Crippen molar-refractivity contribution < 1.29 is 0 Å². The molecule has 2 rings (SSSR count). The van der Waals surface area contributed by atoms with Crippen LogP contribution in [0, 0.1) is 6.92 Å². The highest BCUT2D eigenvalue weighted by Crippen LogP contribution is 2.27. The third-order valence-electron chi connectivity index (χ3n) is 2.78. The number of nitrogens with zero attached hydrogens (tertiary/aromatic N) is 3. The molecule has 1 aromatic rings. The number of hydrogen-bond donors (Lipinski definition) is 1. The van der Waals surface area contributed by atoms with Gasteiger partial charge in [0.05, 0.1) is 0 Å². The molecule has 13 heavy (non-hydrogen) atoms. The average Bonchev–Trinajstić information content (AvgIpc) is 2.59. The van der Waals surface area contributed by atoms with Crippen LogP contribution in [-0.2, 0) is 12.5 Å². The second-order valence-corrected chi connectivity index (χ2v) is 4.09. The number of hydrogen-bond acceptors (Lipinski definition) is 3. The molecule has 0 radical (unpaired) electrons. The first-order valence-corrected chi connectivity index (χ1v) is 4.71. The van der Waals surface area contributed by atoms with E-state index in [1.54, 1.807) is 0 Å². The summed E-state index contributed by atoms with van der Waals surface area (Å²) in [6.07, 6.45) is 1.15. The molecule has 0 amide bonds. The van der Waals surface area contributed by atoms with Crippen molar-refractivity contribution in [2.24, 2.45) is 7.05 Å². The summed E-state index contributed by atoms with van der Waals surface area (Å²) >= 11 is 0. The van der Waals surface area contributed by atoms with E-state index in [2.05, 4.69) is 22.3 Å². The molecule has 0 aromatic carbocycles. The lowest BCUT2D eigenvalue weighted by Crippen LogP contribution is -2.28. The fourth-order valence-corrected chi connectivity index (χ4v) is 2.05. The number of aromatic nitrogens is 3. The van der Waals surface area contributed by atoms with Crippen molar-refractivity contribution in [1.29, 1.82) is 0 Å². The minimum absolute atomic E-state index is 0.177. The van der Waals surface area contributed by atoms with Crippen LogP contribution in [0.5, 0.6) is 0 Å². The Morgan fingerprint density at radius 2 is 2.31 bits per heavy atom. The van der Waals surface area contributed by atoms with E-state index in [4.69, 9.17) is 0 Å². The van der Waals surface area contributed by atoms with Gasteiger partial charge in [-0.1, -0.05) is 6.92 Å². The maximum atomic E-state index is 4.48. The highest BCUT2D eigenvalue weighted by molar-refractivity contribution is 5.11. The Morgan fingerprint density at radius 1 is 1.54 bits per heavy atom. The van der Waals surface area contributed by atoms with Crippen molar-refractivity contribution >= 4 is 0 Å². The van der Waals surface area contributed by atoms with Crippen LogP contribution in [0.2, 0.25) is 0 Å². The van der Waals surface area contributed by atoms with Gasteiger partial charge in [0.15, 0.2) is 0 Å². The van der Waals surface area contributed by atoms with Crippen LogP contribution in [-0.4, -0.2) is 27.9 Å². The SMILES string of the molecule is Cc1nc(C2(C)CCNC2)n(C)n1. The molecule has 4 heteroatoms. The molecule has 72 valence electrons. The predicted molar refractivity (Wildman–Crippen MR) is 50.6 cm³/mol. The van der Waals surface area contributed by atoms with Crippen molar-refractivity contribution in [1.82, 2.24) is 20.1 Å². The normalized spacial score (nSPS) is 28.2. The number of aryl methyl sites for hydroxylation is 2. The van der Waals surface area contributed by atoms with Crippen molar-refractivity contribution in [3.8, 4) is 0 Å². The summed E-state index contributed by atoms with van der Waals surface area (Å²) in [5.41, 5.74) is 0.177. The predicted octanol–water partition coefficient (Wildman–Crippen LogP) is 0.375. The van der Waals surface area contributed by atoms with Crippen LogP contribution in [0.4, 0.5) is 0 Å². The average molecular weight is 180 g/mol. The zero-order chi connectivity index (χ0) is 9.47. The molecule has 1 aliphatic rings. The van der Waals surface area contributed by atoms with Crippen LogP contribution in [0.25, 0.3) is 0 Å². The summed E-state index contributed by atoms with van der Waals surface area (Å²) in [7, 11) is 1.97. The summed E-state index contributed by atoms with van der Waals surface area (Å²) in [5.74, 6) is 1.97. The molecule has 1 fully saturated rings. The summed E-state index contributed by atoms with van der Waals surface area (Å²) in [6, 6.07) is 0. The maximum absolute atomic E-state index is 4.48. The summed E-state index contributed by atoms with van der Waals surface area (Å²) in [5, 5.41) is 7.65. The van der Waals surface area contributed by atoms with Gasteiger partial charge >= 0.3 is 0 Å². The molecule has 1 unspecified atom stereocenters. The van der Waals surface area contributed by atoms with Gasteiger partial charge in [-0.3, -0.25) is 4.68 Å². The fraction of sp³-hybridized carbons (Fsp3) is 0.778. The number of rotatable bonds is 1. The van der Waals surface area contributed by atoms with Gasteiger partial charge in [-0.05, 0) is 19.9 Å². The van der Waals surface area contributed by atoms with Crippen molar-refractivity contribution in [3.63, 3.8) is 0 Å². The van der Waals surface area contributed by atoms with Crippen LogP contribution in [0.1, 0.15) is 25.0 Å². The zero-order valence-electron chi connectivity index (χ0n) is 8.46. The number of nitrogens with one attached hydrogen (secondary N) is 1. The molecule has 0 bridgehead atoms. The lowest BCUT2D eigenvalue weighted by molar-refractivity contribution is 0.461. The van der Waals surface area contributed by atoms with Gasteiger partial charge in [-0.25, -0.2) is 4.98 Å². The Hall–Kier alpha value is -0.900. The van der Waals surface area contributed by atoms with E-state index in [-0.39, 0.29) is 5.41 Å². The zero-order valence-corrected chi connectivity index (χ0v) is 8.46. The molecule has 2 heterocycles. The lowest BCUT2D eigenvalue weighted by atomic mass is 9.89. The Balaban J connectivity index is 2.38. The van der Waals surface area contributed by atoms with Gasteiger partial charge < -0.3 is 5.32 Å². The van der Waals surface area contributed by atoms with E-state index >= 15 is 0 Å². The third-order valence-corrected chi connectivity index (χ3v) is 2.78. The van der Waals surface area contributed by atoms with Crippen LogP contribution >= 0.6 is 0 Å². The lowest BCUT2D eigenvalue weighted by Gasteiger charge is -2.20. The topological polar surface area (TPSA) is 42.7 Å². The molecule has 1 atom stereocenters. The molecule has 1 aromatic heterocycles. The van der Waals surface area contributed by atoms with E-state index in [0.717, 1.165) is 31.2 Å². The van der Waals surface area contributed by atoms with Gasteiger partial charge in [-0.2, -0.15) is 5.10 Å². The monoisotopic (exact) mass is 180 g/mol. The molecule has 1 aliphatic heterocycles. The Labute approximate surface area is 78.4 Å². The van der Waals surface area contributed by atoms with Gasteiger partial charge in [0, 0.05) is 19.0 Å². The van der Waals surface area contributed by atoms with E-state index in [9.17, 15) is 0 Å². The molecule has 0 aliphatic carbocycles. The minimum Gasteiger partial charge on any atom is -0.316 e. The standard InChI is InChI=1S/C9H16N4/c1-7-11-8(13(3)12-7)9(2)4-5-10-6-9/h10H,4-6H2,1-3H3. The molecule has 1 N–H and O–H groups in total. The first kappa shape index (κ1) is 8.69. The van der Waals surface area contributed by atoms with Crippen molar-refractivity contribution in [2.45, 2.75) is 25.7 Å². The van der Waals surface area contributed by atoms with E-state index in [1.165, 1.54) is 0 Å². The molecule has 4 nitrogen and oxygen atoms in total. The highest BCUT2D eigenvalue weighted by Gasteiger charge is 2.34. The first-order valence-electron chi connectivity index (χ1n) is 4.71. The third kappa shape index (κ3) is 1.35. The Morgan fingerprint density at radius 3 is 2.77 bits per heavy atom. The second-order valence-electron chi connectivity index (χ2n) is 4.09. The summed E-state index contributed by atoms with van der Waals surface area (Å²) in [4.78, 5) is 4.48. The molecular weight excluding hydrogens is 164 g/mol. The van der Waals surface area contributed by atoms with E-state index in [0.29, 0.717) is 0 Å². The molecule has 0 saturated carbocycles.